The van der Waals surface area contributed by atoms with Crippen molar-refractivity contribution >= 4 is 39.9 Å². The van der Waals surface area contributed by atoms with Crippen molar-refractivity contribution in [1.29, 1.82) is 0 Å². The van der Waals surface area contributed by atoms with Crippen LogP contribution in [0.1, 0.15) is 15.9 Å². The van der Waals surface area contributed by atoms with Crippen LogP contribution in [0.4, 0.5) is 34.1 Å². The quantitative estimate of drug-likeness (QED) is 0.122. The average molecular weight is 575 g/mol. The zero-order valence-electron chi connectivity index (χ0n) is 23.8. The third kappa shape index (κ3) is 4.18. The van der Waals surface area contributed by atoms with Crippen molar-refractivity contribution in [2.75, 3.05) is 34.4 Å². The van der Waals surface area contributed by atoms with E-state index < -0.39 is 0 Å². The molecule has 0 heterocycles. The molecule has 6 aromatic carbocycles. The molecule has 0 amide bonds. The van der Waals surface area contributed by atoms with Gasteiger partial charge < -0.3 is 34.4 Å². The van der Waals surface area contributed by atoms with Gasteiger partial charge in [0.25, 0.3) is 0 Å². The van der Waals surface area contributed by atoms with Gasteiger partial charge in [-0.15, -0.1) is 0 Å². The first-order valence-electron chi connectivity index (χ1n) is 14.1. The number of carbonyl (C=O) groups is 1. The Hall–Kier alpha value is -6.21. The Kier molecular flexibility index (Phi) is 6.04. The van der Waals surface area contributed by atoms with Crippen molar-refractivity contribution in [2.24, 2.45) is 0 Å². The van der Waals surface area contributed by atoms with Crippen LogP contribution in [0.5, 0.6) is 0 Å². The highest BCUT2D eigenvalue weighted by atomic mass is 16.1. The Morgan fingerprint density at radius 3 is 1.14 bits per heavy atom. The molecule has 7 nitrogen and oxygen atoms in total. The maximum absolute atomic E-state index is 14.6. The predicted octanol–water partition coefficient (Wildman–Crippen LogP) is 7.06. The Balaban J connectivity index is 1.70. The van der Waals surface area contributed by atoms with Crippen molar-refractivity contribution in [2.45, 2.75) is 0 Å². The lowest BCUT2D eigenvalue weighted by atomic mass is 9.80. The van der Waals surface area contributed by atoms with Gasteiger partial charge >= 0.3 is 0 Å². The van der Waals surface area contributed by atoms with Gasteiger partial charge in [0.15, 0.2) is 5.78 Å². The second-order valence-corrected chi connectivity index (χ2v) is 11.1. The molecule has 0 fully saturated rings. The van der Waals surface area contributed by atoms with E-state index in [1.165, 1.54) is 0 Å². The molecule has 0 saturated heterocycles. The van der Waals surface area contributed by atoms with Crippen LogP contribution in [-0.4, -0.2) is 5.78 Å². The molecule has 0 radical (unpaired) electrons. The van der Waals surface area contributed by atoms with Crippen LogP contribution in [0.25, 0.3) is 55.6 Å². The zero-order chi connectivity index (χ0) is 30.7. The smallest absolute Gasteiger partial charge is 0.195 e. The SMILES string of the molecule is Nc1ccc(-c2cc(N)cc3c2-c2c(c(-c4ccc(N)cc4)c(N)c(-c4ccc(N)cc4)c2-c2ccc(N)cc2)C3=O)cc1. The molecule has 1 aliphatic carbocycles. The van der Waals surface area contributed by atoms with E-state index in [0.29, 0.717) is 50.8 Å². The summed E-state index contributed by atoms with van der Waals surface area (Å²) in [5, 5.41) is 0. The van der Waals surface area contributed by atoms with Crippen molar-refractivity contribution in [1.82, 2.24) is 0 Å². The van der Waals surface area contributed by atoms with Crippen molar-refractivity contribution < 1.29 is 4.79 Å². The van der Waals surface area contributed by atoms with Crippen LogP contribution in [0.15, 0.2) is 109 Å². The van der Waals surface area contributed by atoms with E-state index in [4.69, 9.17) is 34.4 Å². The minimum Gasteiger partial charge on any atom is -0.399 e. The van der Waals surface area contributed by atoms with Crippen LogP contribution in [0.3, 0.4) is 0 Å². The summed E-state index contributed by atoms with van der Waals surface area (Å²) in [6.07, 6.45) is 0. The number of ketones is 1. The predicted molar refractivity (Wildman–Crippen MR) is 184 cm³/mol. The number of fused-ring (bicyclic) bond motifs is 3. The van der Waals surface area contributed by atoms with Gasteiger partial charge in [-0.1, -0.05) is 48.5 Å². The van der Waals surface area contributed by atoms with Crippen LogP contribution < -0.4 is 34.4 Å². The molecule has 0 saturated carbocycles. The highest BCUT2D eigenvalue weighted by Gasteiger charge is 2.38. The standard InChI is InChI=1S/C37H30N6O/c38-23-9-1-19(2-10-23)28-17-27(42)18-29-33(28)34-30(20-3-11-24(39)12-4-20)31(21-5-13-25(40)14-6-21)36(43)32(35(34)37(29)44)22-7-15-26(41)16-8-22/h1-18H,38-43H2. The first kappa shape index (κ1) is 26.7. The molecular formula is C37H30N6O. The maximum atomic E-state index is 14.6. The Bertz CT molecular complexity index is 2100. The second kappa shape index (κ2) is 9.96. The fourth-order valence-corrected chi connectivity index (χ4v) is 6.22. The number of hydrogen-bond donors (Lipinski definition) is 6. The third-order valence-corrected chi connectivity index (χ3v) is 8.24. The lowest BCUT2D eigenvalue weighted by molar-refractivity contribution is 0.104. The van der Waals surface area contributed by atoms with Crippen molar-refractivity contribution in [3.8, 4) is 55.6 Å². The van der Waals surface area contributed by atoms with E-state index in [1.807, 2.05) is 103 Å². The fraction of sp³-hybridized carbons (Fsp3) is 0. The minimum absolute atomic E-state index is 0.155. The summed E-state index contributed by atoms with van der Waals surface area (Å²) in [5.41, 5.74) is 50.4. The number of benzene rings is 6. The Morgan fingerprint density at radius 1 is 0.318 bits per heavy atom. The van der Waals surface area contributed by atoms with Gasteiger partial charge in [-0.3, -0.25) is 4.79 Å². The molecule has 0 atom stereocenters. The highest BCUT2D eigenvalue weighted by Crippen LogP contribution is 2.57. The summed E-state index contributed by atoms with van der Waals surface area (Å²) in [4.78, 5) is 14.6. The number of anilines is 6. The molecule has 0 aliphatic heterocycles. The summed E-state index contributed by atoms with van der Waals surface area (Å²) in [6, 6.07) is 33.8. The summed E-state index contributed by atoms with van der Waals surface area (Å²) in [6.45, 7) is 0. The van der Waals surface area contributed by atoms with Gasteiger partial charge in [0.1, 0.15) is 0 Å². The number of carbonyl (C=O) groups excluding carboxylic acids is 1. The average Bonchev–Trinajstić information content (AvgIpc) is 3.30. The van der Waals surface area contributed by atoms with Crippen LogP contribution in [-0.2, 0) is 0 Å². The van der Waals surface area contributed by atoms with Crippen LogP contribution >= 0.6 is 0 Å². The largest absolute Gasteiger partial charge is 0.399 e. The van der Waals surface area contributed by atoms with Gasteiger partial charge in [0.2, 0.25) is 0 Å². The first-order chi connectivity index (χ1) is 21.2. The molecule has 7 rings (SSSR count). The van der Waals surface area contributed by atoms with E-state index in [9.17, 15) is 4.79 Å². The molecule has 0 bridgehead atoms. The Morgan fingerprint density at radius 2 is 0.682 bits per heavy atom. The lowest BCUT2D eigenvalue weighted by Crippen LogP contribution is -2.06. The summed E-state index contributed by atoms with van der Waals surface area (Å²) in [5.74, 6) is -0.155. The van der Waals surface area contributed by atoms with E-state index in [2.05, 4.69) is 0 Å². The number of nitrogen functional groups attached to an aromatic ring is 6. The summed E-state index contributed by atoms with van der Waals surface area (Å²) < 4.78 is 0. The normalized spacial score (nSPS) is 11.8. The molecule has 214 valence electrons. The molecular weight excluding hydrogens is 544 g/mol. The van der Waals surface area contributed by atoms with E-state index in [0.717, 1.165) is 50.1 Å². The monoisotopic (exact) mass is 574 g/mol. The van der Waals surface area contributed by atoms with Gasteiger partial charge in [-0.25, -0.2) is 0 Å². The molecule has 12 N–H and O–H groups in total. The molecule has 44 heavy (non-hydrogen) atoms. The molecule has 6 aromatic rings. The third-order valence-electron chi connectivity index (χ3n) is 8.24. The van der Waals surface area contributed by atoms with E-state index in [-0.39, 0.29) is 5.78 Å². The van der Waals surface area contributed by atoms with E-state index >= 15 is 0 Å². The molecule has 0 aromatic heterocycles. The lowest BCUT2D eigenvalue weighted by Gasteiger charge is -2.23. The number of rotatable bonds is 4. The fourth-order valence-electron chi connectivity index (χ4n) is 6.22. The minimum atomic E-state index is -0.155. The zero-order valence-corrected chi connectivity index (χ0v) is 23.8. The summed E-state index contributed by atoms with van der Waals surface area (Å²) in [7, 11) is 0. The second-order valence-electron chi connectivity index (χ2n) is 11.1. The first-order valence-corrected chi connectivity index (χ1v) is 14.1. The van der Waals surface area contributed by atoms with Crippen molar-refractivity contribution in [3.05, 3.63) is 120 Å². The molecule has 0 spiro atoms. The van der Waals surface area contributed by atoms with E-state index in [1.54, 1.807) is 6.07 Å². The number of nitrogens with two attached hydrogens (primary N) is 6. The van der Waals surface area contributed by atoms with Crippen molar-refractivity contribution in [3.63, 3.8) is 0 Å². The highest BCUT2D eigenvalue weighted by molar-refractivity contribution is 6.31. The summed E-state index contributed by atoms with van der Waals surface area (Å²) >= 11 is 0. The van der Waals surface area contributed by atoms with Crippen LogP contribution in [0.2, 0.25) is 0 Å². The maximum Gasteiger partial charge on any atom is 0.195 e. The molecule has 0 unspecified atom stereocenters. The topological polar surface area (TPSA) is 173 Å². The molecule has 7 heteroatoms. The van der Waals surface area contributed by atoms with Gasteiger partial charge in [0.05, 0.1) is 0 Å². The van der Waals surface area contributed by atoms with Crippen LogP contribution in [0, 0.1) is 0 Å². The van der Waals surface area contributed by atoms with Gasteiger partial charge in [-0.2, -0.15) is 0 Å². The molecule has 1 aliphatic rings. The number of hydrogen-bond acceptors (Lipinski definition) is 7. The van der Waals surface area contributed by atoms with Gasteiger partial charge in [0, 0.05) is 73.1 Å². The Labute approximate surface area is 254 Å². The van der Waals surface area contributed by atoms with Gasteiger partial charge in [-0.05, 0) is 88.5 Å².